The summed E-state index contributed by atoms with van der Waals surface area (Å²) in [5.74, 6) is 2.53. The molecule has 1 unspecified atom stereocenters. The predicted molar refractivity (Wildman–Crippen MR) is 63.7 cm³/mol. The van der Waals surface area contributed by atoms with Crippen LogP contribution in [0.4, 0.5) is 0 Å². The summed E-state index contributed by atoms with van der Waals surface area (Å²) in [6.45, 7) is 9.49. The van der Waals surface area contributed by atoms with E-state index < -0.39 is 0 Å². The lowest BCUT2D eigenvalue weighted by molar-refractivity contribution is 0.817. The largest absolute Gasteiger partial charge is 0.323 e. The van der Waals surface area contributed by atoms with E-state index in [4.69, 9.17) is 12.2 Å². The Bertz CT molecular complexity index is 300. The van der Waals surface area contributed by atoms with E-state index in [0.29, 0.717) is 6.42 Å². The van der Waals surface area contributed by atoms with Crippen molar-refractivity contribution in [2.45, 2.75) is 19.4 Å². The van der Waals surface area contributed by atoms with Gasteiger partial charge in [-0.15, -0.1) is 12.3 Å². The molecule has 0 fully saturated rings. The van der Waals surface area contributed by atoms with Crippen molar-refractivity contribution in [3.63, 3.8) is 0 Å². The lowest BCUT2D eigenvalue weighted by Crippen LogP contribution is -2.20. The monoisotopic (exact) mass is 187 g/mol. The summed E-state index contributed by atoms with van der Waals surface area (Å²) >= 11 is 0. The zero-order valence-electron chi connectivity index (χ0n) is 8.66. The van der Waals surface area contributed by atoms with E-state index in [-0.39, 0.29) is 6.04 Å². The highest BCUT2D eigenvalue weighted by Gasteiger charge is 2.03. The Balaban J connectivity index is 4.63. The van der Waals surface area contributed by atoms with Gasteiger partial charge >= 0.3 is 0 Å². The van der Waals surface area contributed by atoms with Crippen LogP contribution >= 0.6 is 0 Å². The quantitative estimate of drug-likeness (QED) is 0.519. The molecule has 1 atom stereocenters. The summed E-state index contributed by atoms with van der Waals surface area (Å²) in [6.07, 6.45) is 13.1. The molecule has 0 heterocycles. The fourth-order valence-corrected chi connectivity index (χ4v) is 1.04. The molecule has 0 rings (SSSR count). The Morgan fingerprint density at radius 2 is 2.29 bits per heavy atom. The molecule has 0 bridgehead atoms. The van der Waals surface area contributed by atoms with Gasteiger partial charge in [0.2, 0.25) is 0 Å². The van der Waals surface area contributed by atoms with Crippen molar-refractivity contribution in [1.29, 1.82) is 0 Å². The van der Waals surface area contributed by atoms with E-state index in [1.54, 1.807) is 6.08 Å². The zero-order valence-corrected chi connectivity index (χ0v) is 8.66. The van der Waals surface area contributed by atoms with Crippen LogP contribution in [0.2, 0.25) is 0 Å². The highest BCUT2D eigenvalue weighted by atomic mass is 14.6. The van der Waals surface area contributed by atoms with Crippen LogP contribution in [0.15, 0.2) is 48.6 Å². The van der Waals surface area contributed by atoms with Gasteiger partial charge in [0.05, 0.1) is 0 Å². The van der Waals surface area contributed by atoms with Gasteiger partial charge in [0.15, 0.2) is 0 Å². The number of allylic oxidation sites excluding steroid dienone is 4. The summed E-state index contributed by atoms with van der Waals surface area (Å²) in [4.78, 5) is 0. The first kappa shape index (κ1) is 12.5. The van der Waals surface area contributed by atoms with Gasteiger partial charge in [-0.05, 0) is 18.1 Å². The molecule has 0 spiro atoms. The second kappa shape index (κ2) is 6.94. The summed E-state index contributed by atoms with van der Waals surface area (Å²) in [6, 6.07) is -0.153. The van der Waals surface area contributed by atoms with Crippen LogP contribution in [-0.4, -0.2) is 6.04 Å². The molecule has 0 aliphatic heterocycles. The van der Waals surface area contributed by atoms with E-state index in [0.717, 1.165) is 11.1 Å². The van der Waals surface area contributed by atoms with Crippen molar-refractivity contribution in [1.82, 2.24) is 0 Å². The standard InChI is InChI=1S/C13H17N/c1-5-8-11(4)10-12(7-3)13(14)9-6-2/h2,5,7-8,10,13H,3-4,9,14H2,1H3/b8-5-,12-10+. The maximum atomic E-state index is 5.84. The molecule has 0 radical (unpaired) electrons. The molecule has 0 saturated heterocycles. The fourth-order valence-electron chi connectivity index (χ4n) is 1.04. The normalized spacial score (nSPS) is 13.6. The maximum absolute atomic E-state index is 5.84. The molecule has 0 saturated carbocycles. The second-order valence-electron chi connectivity index (χ2n) is 2.94. The summed E-state index contributed by atoms with van der Waals surface area (Å²) in [5.41, 5.74) is 7.66. The summed E-state index contributed by atoms with van der Waals surface area (Å²) in [7, 11) is 0. The third-order valence-corrected chi connectivity index (χ3v) is 1.73. The first-order valence-corrected chi connectivity index (χ1v) is 4.50. The van der Waals surface area contributed by atoms with Crippen LogP contribution in [0.25, 0.3) is 0 Å². The molecule has 0 aromatic rings. The van der Waals surface area contributed by atoms with Crippen molar-refractivity contribution in [3.05, 3.63) is 48.6 Å². The Labute approximate surface area is 86.7 Å². The van der Waals surface area contributed by atoms with Gasteiger partial charge in [-0.25, -0.2) is 0 Å². The van der Waals surface area contributed by atoms with Crippen molar-refractivity contribution in [3.8, 4) is 12.3 Å². The van der Waals surface area contributed by atoms with Gasteiger partial charge in [-0.3, -0.25) is 0 Å². The second-order valence-corrected chi connectivity index (χ2v) is 2.94. The van der Waals surface area contributed by atoms with Gasteiger partial charge in [-0.1, -0.05) is 37.5 Å². The van der Waals surface area contributed by atoms with Crippen LogP contribution in [0.1, 0.15) is 13.3 Å². The Morgan fingerprint density at radius 1 is 1.64 bits per heavy atom. The molecule has 1 heteroatoms. The zero-order chi connectivity index (χ0) is 11.0. The topological polar surface area (TPSA) is 26.0 Å². The molecular formula is C13H17N. The van der Waals surface area contributed by atoms with Crippen molar-refractivity contribution in [2.75, 3.05) is 0 Å². The number of hydrogen-bond donors (Lipinski definition) is 1. The lowest BCUT2D eigenvalue weighted by atomic mass is 10.0. The van der Waals surface area contributed by atoms with Crippen LogP contribution in [0.3, 0.4) is 0 Å². The minimum absolute atomic E-state index is 0.153. The number of rotatable bonds is 5. The molecule has 0 aliphatic carbocycles. The minimum atomic E-state index is -0.153. The third-order valence-electron chi connectivity index (χ3n) is 1.73. The summed E-state index contributed by atoms with van der Waals surface area (Å²) in [5, 5.41) is 0. The Kier molecular flexibility index (Phi) is 6.19. The predicted octanol–water partition coefficient (Wildman–Crippen LogP) is 2.58. The van der Waals surface area contributed by atoms with Crippen LogP contribution in [-0.2, 0) is 0 Å². The first-order valence-electron chi connectivity index (χ1n) is 4.50. The SMILES string of the molecule is C#CCC(N)/C(C=C)=C/C(=C)/C=C\C. The maximum Gasteiger partial charge on any atom is 0.0405 e. The fraction of sp³-hybridized carbons (Fsp3) is 0.231. The lowest BCUT2D eigenvalue weighted by Gasteiger charge is -2.09. The van der Waals surface area contributed by atoms with Gasteiger partial charge in [-0.2, -0.15) is 0 Å². The molecule has 74 valence electrons. The van der Waals surface area contributed by atoms with E-state index in [1.807, 2.05) is 25.2 Å². The van der Waals surface area contributed by atoms with Gasteiger partial charge in [0, 0.05) is 12.5 Å². The number of hydrogen-bond acceptors (Lipinski definition) is 1. The van der Waals surface area contributed by atoms with Crippen molar-refractivity contribution in [2.24, 2.45) is 5.73 Å². The van der Waals surface area contributed by atoms with E-state index in [9.17, 15) is 0 Å². The van der Waals surface area contributed by atoms with E-state index in [2.05, 4.69) is 19.1 Å². The summed E-state index contributed by atoms with van der Waals surface area (Å²) < 4.78 is 0. The van der Waals surface area contributed by atoms with Gasteiger partial charge in [0.25, 0.3) is 0 Å². The molecule has 0 aliphatic rings. The Hall–Kier alpha value is -1.52. The van der Waals surface area contributed by atoms with E-state index in [1.165, 1.54) is 0 Å². The van der Waals surface area contributed by atoms with Gasteiger partial charge in [0.1, 0.15) is 0 Å². The Morgan fingerprint density at radius 3 is 2.71 bits per heavy atom. The van der Waals surface area contributed by atoms with Gasteiger partial charge < -0.3 is 5.73 Å². The van der Waals surface area contributed by atoms with Crippen LogP contribution in [0, 0.1) is 12.3 Å². The van der Waals surface area contributed by atoms with E-state index >= 15 is 0 Å². The minimum Gasteiger partial charge on any atom is -0.323 e. The molecule has 0 aromatic heterocycles. The first-order chi connectivity index (χ1) is 6.65. The van der Waals surface area contributed by atoms with Crippen molar-refractivity contribution >= 4 is 0 Å². The number of terminal acetylenes is 1. The molecule has 1 nitrogen and oxygen atoms in total. The average Bonchev–Trinajstić information content (AvgIpc) is 2.15. The molecule has 2 N–H and O–H groups in total. The van der Waals surface area contributed by atoms with Crippen molar-refractivity contribution < 1.29 is 0 Å². The highest BCUT2D eigenvalue weighted by molar-refractivity contribution is 5.37. The smallest absolute Gasteiger partial charge is 0.0405 e. The molecule has 14 heavy (non-hydrogen) atoms. The van der Waals surface area contributed by atoms with Crippen LogP contribution in [0.5, 0.6) is 0 Å². The van der Waals surface area contributed by atoms with Crippen LogP contribution < -0.4 is 5.73 Å². The average molecular weight is 187 g/mol. The third kappa shape index (κ3) is 4.49. The number of nitrogens with two attached hydrogens (primary N) is 1. The highest BCUT2D eigenvalue weighted by Crippen LogP contribution is 2.09. The molecular weight excluding hydrogens is 170 g/mol. The molecule has 0 amide bonds. The molecule has 0 aromatic carbocycles.